The summed E-state index contributed by atoms with van der Waals surface area (Å²) in [7, 11) is 0. The average molecular weight is 261 g/mol. The number of rotatable bonds is 7. The fraction of sp³-hybridized carbons (Fsp3) is 0.625. The third kappa shape index (κ3) is 5.11. The van der Waals surface area contributed by atoms with Gasteiger partial charge in [-0.3, -0.25) is 9.78 Å². The topological polar surface area (TPSA) is 39.2 Å². The Bertz CT molecular complexity index is 372. The third-order valence-electron chi connectivity index (χ3n) is 3.81. The molecule has 3 heteroatoms. The van der Waals surface area contributed by atoms with E-state index in [9.17, 15) is 4.79 Å². The summed E-state index contributed by atoms with van der Waals surface area (Å²) in [6, 6.07) is 4.04. The lowest BCUT2D eigenvalue weighted by atomic mass is 9.86. The summed E-state index contributed by atoms with van der Waals surface area (Å²) in [5.41, 5.74) is 1.28. The predicted molar refractivity (Wildman–Crippen MR) is 75.0 cm³/mol. The first-order valence-electron chi connectivity index (χ1n) is 7.35. The second kappa shape index (κ2) is 8.05. The molecule has 1 aliphatic rings. The molecule has 1 fully saturated rings. The Labute approximate surface area is 115 Å². The molecule has 104 valence electrons. The van der Waals surface area contributed by atoms with Gasteiger partial charge in [-0.1, -0.05) is 19.3 Å². The normalized spacial score (nSPS) is 16.4. The van der Waals surface area contributed by atoms with Gasteiger partial charge in [0.2, 0.25) is 0 Å². The molecule has 3 nitrogen and oxygen atoms in total. The molecule has 0 N–H and O–H groups in total. The fourth-order valence-electron chi connectivity index (χ4n) is 2.64. The van der Waals surface area contributed by atoms with E-state index in [4.69, 9.17) is 4.74 Å². The number of hydrogen-bond acceptors (Lipinski definition) is 3. The van der Waals surface area contributed by atoms with E-state index in [1.807, 2.05) is 24.5 Å². The highest BCUT2D eigenvalue weighted by molar-refractivity contribution is 5.82. The van der Waals surface area contributed by atoms with E-state index in [1.165, 1.54) is 24.8 Å². The highest BCUT2D eigenvalue weighted by atomic mass is 16.5. The summed E-state index contributed by atoms with van der Waals surface area (Å²) in [6.07, 6.45) is 11.4. The van der Waals surface area contributed by atoms with Gasteiger partial charge >= 0.3 is 0 Å². The van der Waals surface area contributed by atoms with Crippen molar-refractivity contribution in [3.05, 3.63) is 30.1 Å². The van der Waals surface area contributed by atoms with Crippen LogP contribution in [0, 0.1) is 5.92 Å². The molecule has 0 bridgehead atoms. The number of Topliss-reactive ketones (excluding diaryl/α,β-unsaturated/α-hetero) is 1. The maximum atomic E-state index is 11.9. The van der Waals surface area contributed by atoms with E-state index < -0.39 is 0 Å². The zero-order valence-electron chi connectivity index (χ0n) is 11.5. The van der Waals surface area contributed by atoms with Crippen molar-refractivity contribution < 1.29 is 9.53 Å². The lowest BCUT2D eigenvalue weighted by molar-refractivity contribution is -0.128. The van der Waals surface area contributed by atoms with Gasteiger partial charge < -0.3 is 4.74 Å². The van der Waals surface area contributed by atoms with Gasteiger partial charge in [0.05, 0.1) is 0 Å². The van der Waals surface area contributed by atoms with Gasteiger partial charge in [-0.2, -0.15) is 0 Å². The SMILES string of the molecule is O=C(COCCCc1ccncc1)C1CCCCC1. The van der Waals surface area contributed by atoms with Gasteiger partial charge in [-0.25, -0.2) is 0 Å². The van der Waals surface area contributed by atoms with Crippen LogP contribution in [0.2, 0.25) is 0 Å². The average Bonchev–Trinajstić information content (AvgIpc) is 2.49. The molecule has 0 spiro atoms. The van der Waals surface area contributed by atoms with Crippen molar-refractivity contribution in [3.8, 4) is 0 Å². The van der Waals surface area contributed by atoms with E-state index in [0.717, 1.165) is 25.7 Å². The standard InChI is InChI=1S/C16H23NO2/c18-16(15-6-2-1-3-7-15)13-19-12-4-5-14-8-10-17-11-9-14/h8-11,15H,1-7,12-13H2. The van der Waals surface area contributed by atoms with Gasteiger partial charge in [-0.15, -0.1) is 0 Å². The van der Waals surface area contributed by atoms with Crippen molar-refractivity contribution >= 4 is 5.78 Å². The molecule has 2 rings (SSSR count). The molecule has 0 saturated heterocycles. The number of hydrogen-bond donors (Lipinski definition) is 0. The molecule has 0 amide bonds. The lowest BCUT2D eigenvalue weighted by Crippen LogP contribution is -2.22. The molecule has 0 atom stereocenters. The van der Waals surface area contributed by atoms with E-state index in [0.29, 0.717) is 19.0 Å². The zero-order valence-corrected chi connectivity index (χ0v) is 11.5. The zero-order chi connectivity index (χ0) is 13.3. The summed E-state index contributed by atoms with van der Waals surface area (Å²) in [4.78, 5) is 15.9. The monoisotopic (exact) mass is 261 g/mol. The van der Waals surface area contributed by atoms with Crippen LogP contribution in [-0.2, 0) is 16.0 Å². The Balaban J connectivity index is 1.55. The highest BCUT2D eigenvalue weighted by Crippen LogP contribution is 2.24. The number of aromatic nitrogens is 1. The Hall–Kier alpha value is -1.22. The minimum Gasteiger partial charge on any atom is -0.374 e. The Morgan fingerprint density at radius 3 is 2.68 bits per heavy atom. The number of carbonyl (C=O) groups is 1. The Morgan fingerprint density at radius 1 is 1.21 bits per heavy atom. The van der Waals surface area contributed by atoms with Crippen LogP contribution < -0.4 is 0 Å². The van der Waals surface area contributed by atoms with Crippen molar-refractivity contribution in [2.75, 3.05) is 13.2 Å². The number of ether oxygens (including phenoxy) is 1. The van der Waals surface area contributed by atoms with Crippen LogP contribution in [0.4, 0.5) is 0 Å². The first kappa shape index (κ1) is 14.2. The Morgan fingerprint density at radius 2 is 1.95 bits per heavy atom. The maximum Gasteiger partial charge on any atom is 0.161 e. The van der Waals surface area contributed by atoms with Gasteiger partial charge in [0.1, 0.15) is 6.61 Å². The molecule has 0 aliphatic heterocycles. The molecule has 1 aromatic heterocycles. The fourth-order valence-corrected chi connectivity index (χ4v) is 2.64. The maximum absolute atomic E-state index is 11.9. The van der Waals surface area contributed by atoms with Crippen molar-refractivity contribution in [1.82, 2.24) is 4.98 Å². The molecule has 1 aliphatic carbocycles. The number of aryl methyl sites for hydroxylation is 1. The van der Waals surface area contributed by atoms with Crippen LogP contribution in [0.15, 0.2) is 24.5 Å². The van der Waals surface area contributed by atoms with E-state index in [1.54, 1.807) is 0 Å². The van der Waals surface area contributed by atoms with Crippen LogP contribution in [0.1, 0.15) is 44.1 Å². The van der Waals surface area contributed by atoms with E-state index in [-0.39, 0.29) is 5.92 Å². The molecule has 1 saturated carbocycles. The second-order valence-electron chi connectivity index (χ2n) is 5.31. The number of ketones is 1. The van der Waals surface area contributed by atoms with Crippen molar-refractivity contribution in [1.29, 1.82) is 0 Å². The lowest BCUT2D eigenvalue weighted by Gasteiger charge is -2.20. The third-order valence-corrected chi connectivity index (χ3v) is 3.81. The first-order chi connectivity index (χ1) is 9.36. The second-order valence-corrected chi connectivity index (χ2v) is 5.31. The number of nitrogens with zero attached hydrogens (tertiary/aromatic N) is 1. The van der Waals surface area contributed by atoms with Crippen molar-refractivity contribution in [2.24, 2.45) is 5.92 Å². The van der Waals surface area contributed by atoms with Gasteiger partial charge in [0.15, 0.2) is 5.78 Å². The van der Waals surface area contributed by atoms with Crippen LogP contribution in [0.5, 0.6) is 0 Å². The van der Waals surface area contributed by atoms with E-state index >= 15 is 0 Å². The number of carbonyl (C=O) groups excluding carboxylic acids is 1. The van der Waals surface area contributed by atoms with Gasteiger partial charge in [0.25, 0.3) is 0 Å². The molecular formula is C16H23NO2. The summed E-state index contributed by atoms with van der Waals surface area (Å²) in [6.45, 7) is 0.974. The molecule has 0 unspecified atom stereocenters. The first-order valence-corrected chi connectivity index (χ1v) is 7.35. The minimum atomic E-state index is 0.272. The molecule has 0 radical (unpaired) electrons. The van der Waals surface area contributed by atoms with Crippen LogP contribution in [0.3, 0.4) is 0 Å². The van der Waals surface area contributed by atoms with E-state index in [2.05, 4.69) is 4.98 Å². The predicted octanol–water partition coefficient (Wildman–Crippen LogP) is 3.18. The van der Waals surface area contributed by atoms with Crippen LogP contribution >= 0.6 is 0 Å². The summed E-state index contributed by atoms with van der Waals surface area (Å²) in [5, 5.41) is 0. The van der Waals surface area contributed by atoms with Crippen LogP contribution in [0.25, 0.3) is 0 Å². The molecule has 19 heavy (non-hydrogen) atoms. The van der Waals surface area contributed by atoms with Gasteiger partial charge in [-0.05, 0) is 43.4 Å². The largest absolute Gasteiger partial charge is 0.374 e. The van der Waals surface area contributed by atoms with Crippen molar-refractivity contribution in [2.45, 2.75) is 44.9 Å². The molecule has 0 aromatic carbocycles. The molecule has 1 aromatic rings. The minimum absolute atomic E-state index is 0.272. The summed E-state index contributed by atoms with van der Waals surface area (Å²) < 4.78 is 5.51. The summed E-state index contributed by atoms with van der Waals surface area (Å²) in [5.74, 6) is 0.581. The summed E-state index contributed by atoms with van der Waals surface area (Å²) >= 11 is 0. The van der Waals surface area contributed by atoms with Gasteiger partial charge in [0, 0.05) is 24.9 Å². The Kier molecular flexibility index (Phi) is 6.02. The molecule has 1 heterocycles. The molecular weight excluding hydrogens is 238 g/mol. The smallest absolute Gasteiger partial charge is 0.161 e. The number of pyridine rings is 1. The van der Waals surface area contributed by atoms with Crippen molar-refractivity contribution in [3.63, 3.8) is 0 Å². The van der Waals surface area contributed by atoms with Crippen LogP contribution in [-0.4, -0.2) is 24.0 Å². The quantitative estimate of drug-likeness (QED) is 0.708. The highest BCUT2D eigenvalue weighted by Gasteiger charge is 2.20.